The second-order valence-electron chi connectivity index (χ2n) is 4.00. The fourth-order valence-corrected chi connectivity index (χ4v) is 2.39. The average molecular weight is 286 g/mol. The largest absolute Gasteiger partial charge is 0.478 e. The molecule has 2 rings (SSSR count). The predicted molar refractivity (Wildman–Crippen MR) is 62.9 cm³/mol. The number of nitrogens with two attached hydrogens (primary N) is 1. The first-order chi connectivity index (χ1) is 8.79. The van der Waals surface area contributed by atoms with Gasteiger partial charge in [0, 0.05) is 25.4 Å². The number of anilines is 1. The molecule has 1 aromatic rings. The minimum Gasteiger partial charge on any atom is -0.478 e. The standard InChI is InChI=1S/C9H10N4O5S/c10-19(17,18)6-1-7(14)13(4-6)9-11-2-5(3-12-9)8(15)16/h2-3,6H,1,4H2,(H,15,16)(H2,10,17,18). The van der Waals surface area contributed by atoms with E-state index in [4.69, 9.17) is 10.2 Å². The molecule has 0 aliphatic carbocycles. The van der Waals surface area contributed by atoms with Crippen LogP contribution in [0.5, 0.6) is 0 Å². The minimum atomic E-state index is -3.81. The summed E-state index contributed by atoms with van der Waals surface area (Å²) in [5, 5.41) is 12.7. The van der Waals surface area contributed by atoms with Crippen LogP contribution in [0.3, 0.4) is 0 Å². The number of aromatic carboxylic acids is 1. The number of primary sulfonamides is 1. The van der Waals surface area contributed by atoms with Gasteiger partial charge < -0.3 is 5.11 Å². The highest BCUT2D eigenvalue weighted by molar-refractivity contribution is 7.89. The molecular weight excluding hydrogens is 276 g/mol. The van der Waals surface area contributed by atoms with Crippen LogP contribution < -0.4 is 10.0 Å². The van der Waals surface area contributed by atoms with Crippen LogP contribution in [0, 0.1) is 0 Å². The molecule has 1 fully saturated rings. The highest BCUT2D eigenvalue weighted by Gasteiger charge is 2.38. The van der Waals surface area contributed by atoms with Crippen molar-refractivity contribution in [3.8, 4) is 0 Å². The van der Waals surface area contributed by atoms with E-state index in [1.807, 2.05) is 0 Å². The van der Waals surface area contributed by atoms with E-state index in [2.05, 4.69) is 9.97 Å². The number of hydrogen-bond donors (Lipinski definition) is 2. The monoisotopic (exact) mass is 286 g/mol. The Bertz CT molecular complexity index is 627. The zero-order chi connectivity index (χ0) is 14.2. The number of amides is 1. The molecule has 2 heterocycles. The van der Waals surface area contributed by atoms with Gasteiger partial charge in [-0.15, -0.1) is 0 Å². The van der Waals surface area contributed by atoms with Crippen LogP contribution in [0.1, 0.15) is 16.8 Å². The maximum atomic E-state index is 11.7. The predicted octanol–water partition coefficient (Wildman–Crippen LogP) is -1.43. The molecule has 1 amide bonds. The summed E-state index contributed by atoms with van der Waals surface area (Å²) in [5.41, 5.74) is -0.126. The lowest BCUT2D eigenvalue weighted by Gasteiger charge is -2.13. The van der Waals surface area contributed by atoms with Crippen LogP contribution >= 0.6 is 0 Å². The summed E-state index contributed by atoms with van der Waals surface area (Å²) >= 11 is 0. The van der Waals surface area contributed by atoms with Crippen molar-refractivity contribution in [2.75, 3.05) is 11.4 Å². The van der Waals surface area contributed by atoms with Crippen LogP contribution in [-0.2, 0) is 14.8 Å². The van der Waals surface area contributed by atoms with Gasteiger partial charge in [-0.05, 0) is 0 Å². The molecule has 19 heavy (non-hydrogen) atoms. The van der Waals surface area contributed by atoms with E-state index in [1.165, 1.54) is 0 Å². The third-order valence-electron chi connectivity index (χ3n) is 2.68. The van der Waals surface area contributed by atoms with Crippen LogP contribution in [0.15, 0.2) is 12.4 Å². The van der Waals surface area contributed by atoms with Gasteiger partial charge in [0.05, 0.1) is 5.56 Å². The summed E-state index contributed by atoms with van der Waals surface area (Å²) in [6, 6.07) is 0. The van der Waals surface area contributed by atoms with Crippen molar-refractivity contribution in [2.24, 2.45) is 5.14 Å². The number of sulfonamides is 1. The first kappa shape index (κ1) is 13.4. The molecule has 1 aromatic heterocycles. The topological polar surface area (TPSA) is 144 Å². The molecular formula is C9H10N4O5S. The van der Waals surface area contributed by atoms with Crippen molar-refractivity contribution in [2.45, 2.75) is 11.7 Å². The summed E-state index contributed by atoms with van der Waals surface area (Å²) in [7, 11) is -3.81. The van der Waals surface area contributed by atoms with E-state index in [0.29, 0.717) is 0 Å². The second kappa shape index (κ2) is 4.55. The van der Waals surface area contributed by atoms with Gasteiger partial charge in [-0.2, -0.15) is 0 Å². The minimum absolute atomic E-state index is 0.0406. The molecule has 9 nitrogen and oxygen atoms in total. The molecule has 1 saturated heterocycles. The Morgan fingerprint density at radius 1 is 1.42 bits per heavy atom. The maximum absolute atomic E-state index is 11.7. The molecule has 0 bridgehead atoms. The Hall–Kier alpha value is -2.07. The Kier molecular flexibility index (Phi) is 3.20. The van der Waals surface area contributed by atoms with E-state index in [-0.39, 0.29) is 24.5 Å². The van der Waals surface area contributed by atoms with Crippen LogP contribution in [0.4, 0.5) is 5.95 Å². The molecule has 10 heteroatoms. The molecule has 1 aliphatic heterocycles. The Labute approximate surface area is 108 Å². The smallest absolute Gasteiger partial charge is 0.338 e. The number of aromatic nitrogens is 2. The number of carbonyl (C=O) groups excluding carboxylic acids is 1. The van der Waals surface area contributed by atoms with Crippen molar-refractivity contribution < 1.29 is 23.1 Å². The second-order valence-corrected chi connectivity index (χ2v) is 5.84. The van der Waals surface area contributed by atoms with E-state index < -0.39 is 27.1 Å². The zero-order valence-electron chi connectivity index (χ0n) is 9.55. The Balaban J connectivity index is 2.23. The van der Waals surface area contributed by atoms with Crippen molar-refractivity contribution in [1.29, 1.82) is 0 Å². The van der Waals surface area contributed by atoms with E-state index in [9.17, 15) is 18.0 Å². The molecule has 1 aliphatic rings. The van der Waals surface area contributed by atoms with Crippen LogP contribution in [0.2, 0.25) is 0 Å². The number of carboxylic acids is 1. The van der Waals surface area contributed by atoms with Gasteiger partial charge in [0.2, 0.25) is 21.9 Å². The average Bonchev–Trinajstić information content (AvgIpc) is 2.71. The normalized spacial score (nSPS) is 19.7. The fraction of sp³-hybridized carbons (Fsp3) is 0.333. The Morgan fingerprint density at radius 3 is 2.42 bits per heavy atom. The molecule has 3 N–H and O–H groups in total. The zero-order valence-corrected chi connectivity index (χ0v) is 10.4. The molecule has 0 aromatic carbocycles. The van der Waals surface area contributed by atoms with E-state index in [0.717, 1.165) is 17.3 Å². The van der Waals surface area contributed by atoms with Gasteiger partial charge in [-0.1, -0.05) is 0 Å². The molecule has 0 saturated carbocycles. The summed E-state index contributed by atoms with van der Waals surface area (Å²) in [4.78, 5) is 30.8. The van der Waals surface area contributed by atoms with Gasteiger partial charge >= 0.3 is 5.97 Å². The lowest BCUT2D eigenvalue weighted by atomic mass is 10.3. The number of hydrogen-bond acceptors (Lipinski definition) is 6. The Morgan fingerprint density at radius 2 is 2.00 bits per heavy atom. The molecule has 102 valence electrons. The number of carboxylic acid groups (broad SMARTS) is 1. The lowest BCUT2D eigenvalue weighted by molar-refractivity contribution is -0.117. The van der Waals surface area contributed by atoms with Gasteiger partial charge in [-0.3, -0.25) is 9.69 Å². The van der Waals surface area contributed by atoms with Crippen molar-refractivity contribution >= 4 is 27.8 Å². The van der Waals surface area contributed by atoms with E-state index in [1.54, 1.807) is 0 Å². The number of carbonyl (C=O) groups is 2. The first-order valence-corrected chi connectivity index (χ1v) is 6.77. The maximum Gasteiger partial charge on any atom is 0.338 e. The highest BCUT2D eigenvalue weighted by Crippen LogP contribution is 2.20. The van der Waals surface area contributed by atoms with Crippen molar-refractivity contribution in [1.82, 2.24) is 9.97 Å². The van der Waals surface area contributed by atoms with Crippen molar-refractivity contribution in [3.05, 3.63) is 18.0 Å². The number of nitrogens with zero attached hydrogens (tertiary/aromatic N) is 3. The van der Waals surface area contributed by atoms with Gasteiger partial charge in [0.25, 0.3) is 0 Å². The third kappa shape index (κ3) is 2.69. The fourth-order valence-electron chi connectivity index (χ4n) is 1.66. The summed E-state index contributed by atoms with van der Waals surface area (Å²) in [6.45, 7) is -0.135. The highest BCUT2D eigenvalue weighted by atomic mass is 32.2. The quantitative estimate of drug-likeness (QED) is 0.693. The van der Waals surface area contributed by atoms with Crippen LogP contribution in [-0.4, -0.2) is 47.2 Å². The van der Waals surface area contributed by atoms with Gasteiger partial charge in [0.15, 0.2) is 0 Å². The summed E-state index contributed by atoms with van der Waals surface area (Å²) < 4.78 is 22.4. The third-order valence-corrected chi connectivity index (χ3v) is 3.93. The van der Waals surface area contributed by atoms with Gasteiger partial charge in [0.1, 0.15) is 5.25 Å². The van der Waals surface area contributed by atoms with Crippen LogP contribution in [0.25, 0.3) is 0 Å². The molecule has 1 unspecified atom stereocenters. The first-order valence-electron chi connectivity index (χ1n) is 5.16. The molecule has 1 atom stereocenters. The summed E-state index contributed by atoms with van der Waals surface area (Å²) in [6.07, 6.45) is 1.85. The summed E-state index contributed by atoms with van der Waals surface area (Å²) in [5.74, 6) is -1.70. The van der Waals surface area contributed by atoms with E-state index >= 15 is 0 Å². The number of rotatable bonds is 3. The lowest BCUT2D eigenvalue weighted by Crippen LogP contribution is -2.32. The van der Waals surface area contributed by atoms with Gasteiger partial charge in [-0.25, -0.2) is 28.3 Å². The molecule has 0 radical (unpaired) electrons. The molecule has 0 spiro atoms. The van der Waals surface area contributed by atoms with Crippen molar-refractivity contribution in [3.63, 3.8) is 0 Å². The SMILES string of the molecule is NS(=O)(=O)C1CC(=O)N(c2ncc(C(=O)O)cn2)C1.